The molecule has 1 heterocycles. The number of halogens is 2. The molecule has 0 aliphatic carbocycles. The number of benzene rings is 1. The number of aromatic carboxylic acids is 1. The van der Waals surface area contributed by atoms with Gasteiger partial charge in [0.2, 0.25) is 0 Å². The van der Waals surface area contributed by atoms with E-state index in [1.807, 2.05) is 0 Å². The normalized spacial score (nSPS) is 22.4. The number of rotatable bonds is 3. The molecule has 5 nitrogen and oxygen atoms in total. The van der Waals surface area contributed by atoms with Gasteiger partial charge < -0.3 is 15.5 Å². The number of carboxylic acids is 2. The molecule has 1 aromatic rings. The first-order valence-electron chi connectivity index (χ1n) is 5.59. The summed E-state index contributed by atoms with van der Waals surface area (Å²) < 4.78 is 27.3. The molecule has 1 saturated heterocycles. The third-order valence-electron chi connectivity index (χ3n) is 3.20. The number of aliphatic carboxylic acids is 1. The van der Waals surface area contributed by atoms with Crippen LogP contribution in [0.2, 0.25) is 0 Å². The highest BCUT2D eigenvalue weighted by Crippen LogP contribution is 2.30. The van der Waals surface area contributed by atoms with Crippen LogP contribution in [0.25, 0.3) is 0 Å². The molecule has 0 bridgehead atoms. The number of carboxylic acid groups (broad SMARTS) is 2. The zero-order valence-corrected chi connectivity index (χ0v) is 9.69. The van der Waals surface area contributed by atoms with E-state index in [0.29, 0.717) is 0 Å². The Hall–Kier alpha value is -2.02. The molecular weight excluding hydrogens is 260 g/mol. The van der Waals surface area contributed by atoms with Gasteiger partial charge in [0.15, 0.2) is 11.6 Å². The Morgan fingerprint density at radius 1 is 1.21 bits per heavy atom. The molecule has 0 spiro atoms. The Morgan fingerprint density at radius 3 is 2.42 bits per heavy atom. The first-order valence-corrected chi connectivity index (χ1v) is 5.59. The highest BCUT2D eigenvalue weighted by molar-refractivity contribution is 5.88. The fraction of sp³-hybridized carbons (Fsp3) is 0.333. The van der Waals surface area contributed by atoms with Crippen LogP contribution in [0, 0.1) is 17.6 Å². The summed E-state index contributed by atoms with van der Waals surface area (Å²) in [4.78, 5) is 21.4. The van der Waals surface area contributed by atoms with Crippen LogP contribution >= 0.6 is 0 Å². The number of nitrogens with one attached hydrogen (secondary N) is 1. The maximum atomic E-state index is 13.8. The second-order valence-electron chi connectivity index (χ2n) is 4.37. The third-order valence-corrected chi connectivity index (χ3v) is 3.20. The van der Waals surface area contributed by atoms with E-state index in [-0.39, 0.29) is 18.5 Å². The van der Waals surface area contributed by atoms with Crippen LogP contribution < -0.4 is 5.32 Å². The second kappa shape index (κ2) is 4.93. The van der Waals surface area contributed by atoms with Crippen molar-refractivity contribution in [2.75, 3.05) is 6.54 Å². The standard InChI is InChI=1S/C12H11F2NO4/c13-9-6(1-2-7(10(9)14)12(18)19)8-3-5(4-15-8)11(16)17/h1-2,5,8,15H,3-4H2,(H,16,17)(H,18,19). The SMILES string of the molecule is O=C(O)c1ccc(C2CC(C(=O)O)CN2)c(F)c1F. The van der Waals surface area contributed by atoms with Crippen molar-refractivity contribution in [1.29, 1.82) is 0 Å². The van der Waals surface area contributed by atoms with Gasteiger partial charge in [0.05, 0.1) is 11.5 Å². The van der Waals surface area contributed by atoms with Gasteiger partial charge in [-0.25, -0.2) is 13.6 Å². The Bertz CT molecular complexity index is 547. The van der Waals surface area contributed by atoms with Crippen LogP contribution in [0.3, 0.4) is 0 Å². The van der Waals surface area contributed by atoms with E-state index >= 15 is 0 Å². The van der Waals surface area contributed by atoms with Crippen molar-refractivity contribution in [3.63, 3.8) is 0 Å². The molecule has 2 rings (SSSR count). The monoisotopic (exact) mass is 271 g/mol. The Labute approximate surface area is 106 Å². The minimum absolute atomic E-state index is 0.0498. The zero-order valence-electron chi connectivity index (χ0n) is 9.69. The van der Waals surface area contributed by atoms with Crippen LogP contribution in [0.4, 0.5) is 8.78 Å². The number of hydrogen-bond acceptors (Lipinski definition) is 3. The predicted octanol–water partition coefficient (Wildman–Crippen LogP) is 1.40. The van der Waals surface area contributed by atoms with Crippen molar-refractivity contribution >= 4 is 11.9 Å². The van der Waals surface area contributed by atoms with Gasteiger partial charge in [0.1, 0.15) is 0 Å². The quantitative estimate of drug-likeness (QED) is 0.773. The molecule has 2 unspecified atom stereocenters. The summed E-state index contributed by atoms with van der Waals surface area (Å²) in [5, 5.41) is 20.3. The summed E-state index contributed by atoms with van der Waals surface area (Å²) in [6.45, 7) is 0.168. The van der Waals surface area contributed by atoms with E-state index < -0.39 is 41.1 Å². The number of carbonyl (C=O) groups is 2. The largest absolute Gasteiger partial charge is 0.481 e. The van der Waals surface area contributed by atoms with Crippen LogP contribution in [0.15, 0.2) is 12.1 Å². The molecule has 1 aliphatic rings. The van der Waals surface area contributed by atoms with Crippen molar-refractivity contribution in [3.8, 4) is 0 Å². The molecule has 2 atom stereocenters. The molecule has 102 valence electrons. The average Bonchev–Trinajstić information content (AvgIpc) is 2.81. The summed E-state index contributed by atoms with van der Waals surface area (Å²) in [7, 11) is 0. The lowest BCUT2D eigenvalue weighted by Crippen LogP contribution is -2.18. The van der Waals surface area contributed by atoms with E-state index in [9.17, 15) is 18.4 Å². The van der Waals surface area contributed by atoms with Gasteiger partial charge in [-0.1, -0.05) is 6.07 Å². The molecule has 7 heteroatoms. The van der Waals surface area contributed by atoms with Gasteiger partial charge in [0, 0.05) is 18.2 Å². The molecule has 0 radical (unpaired) electrons. The topological polar surface area (TPSA) is 86.6 Å². The predicted molar refractivity (Wildman–Crippen MR) is 59.8 cm³/mol. The first kappa shape index (κ1) is 13.4. The van der Waals surface area contributed by atoms with E-state index in [1.54, 1.807) is 0 Å². The van der Waals surface area contributed by atoms with Gasteiger partial charge in [-0.3, -0.25) is 4.79 Å². The summed E-state index contributed by atoms with van der Waals surface area (Å²) in [6.07, 6.45) is 0.137. The molecule has 0 aromatic heterocycles. The fourth-order valence-electron chi connectivity index (χ4n) is 2.16. The highest BCUT2D eigenvalue weighted by atomic mass is 19.2. The maximum Gasteiger partial charge on any atom is 0.338 e. The second-order valence-corrected chi connectivity index (χ2v) is 4.37. The first-order chi connectivity index (χ1) is 8.91. The summed E-state index contributed by atoms with van der Waals surface area (Å²) in [5.41, 5.74) is -0.791. The van der Waals surface area contributed by atoms with Gasteiger partial charge in [-0.2, -0.15) is 0 Å². The van der Waals surface area contributed by atoms with Crippen molar-refractivity contribution in [3.05, 3.63) is 34.9 Å². The molecule has 1 fully saturated rings. The lowest BCUT2D eigenvalue weighted by molar-refractivity contribution is -0.141. The Morgan fingerprint density at radius 2 is 1.89 bits per heavy atom. The summed E-state index contributed by atoms with van der Waals surface area (Å²) in [5.74, 6) is -5.88. The highest BCUT2D eigenvalue weighted by Gasteiger charge is 2.32. The van der Waals surface area contributed by atoms with E-state index in [1.165, 1.54) is 6.07 Å². The summed E-state index contributed by atoms with van der Waals surface area (Å²) in [6, 6.07) is 1.52. The molecule has 1 aliphatic heterocycles. The van der Waals surface area contributed by atoms with Crippen LogP contribution in [-0.4, -0.2) is 28.7 Å². The van der Waals surface area contributed by atoms with Crippen LogP contribution in [0.1, 0.15) is 28.4 Å². The Kier molecular flexibility index (Phi) is 3.48. The fourth-order valence-corrected chi connectivity index (χ4v) is 2.16. The average molecular weight is 271 g/mol. The van der Waals surface area contributed by atoms with Crippen molar-refractivity contribution < 1.29 is 28.6 Å². The van der Waals surface area contributed by atoms with Crippen molar-refractivity contribution in [2.45, 2.75) is 12.5 Å². The maximum absolute atomic E-state index is 13.8. The molecule has 19 heavy (non-hydrogen) atoms. The summed E-state index contributed by atoms with van der Waals surface area (Å²) >= 11 is 0. The minimum atomic E-state index is -1.55. The van der Waals surface area contributed by atoms with E-state index in [4.69, 9.17) is 10.2 Å². The molecule has 0 amide bonds. The lowest BCUT2D eigenvalue weighted by atomic mass is 9.98. The van der Waals surface area contributed by atoms with Gasteiger partial charge in [0.25, 0.3) is 0 Å². The third kappa shape index (κ3) is 2.41. The minimum Gasteiger partial charge on any atom is -0.481 e. The van der Waals surface area contributed by atoms with Crippen molar-refractivity contribution in [2.24, 2.45) is 5.92 Å². The van der Waals surface area contributed by atoms with Gasteiger partial charge >= 0.3 is 11.9 Å². The molecule has 1 aromatic carbocycles. The van der Waals surface area contributed by atoms with Crippen LogP contribution in [-0.2, 0) is 4.79 Å². The van der Waals surface area contributed by atoms with E-state index in [0.717, 1.165) is 6.07 Å². The molecular formula is C12H11F2NO4. The lowest BCUT2D eigenvalue weighted by Gasteiger charge is -2.13. The number of hydrogen-bond donors (Lipinski definition) is 3. The zero-order chi connectivity index (χ0) is 14.2. The van der Waals surface area contributed by atoms with Crippen LogP contribution in [0.5, 0.6) is 0 Å². The smallest absolute Gasteiger partial charge is 0.338 e. The van der Waals surface area contributed by atoms with E-state index in [2.05, 4.69) is 5.32 Å². The van der Waals surface area contributed by atoms with Gasteiger partial charge in [-0.05, 0) is 12.5 Å². The molecule has 3 N–H and O–H groups in total. The Balaban J connectivity index is 2.30. The van der Waals surface area contributed by atoms with Gasteiger partial charge in [-0.15, -0.1) is 0 Å². The molecule has 0 saturated carbocycles. The van der Waals surface area contributed by atoms with Crippen molar-refractivity contribution in [1.82, 2.24) is 5.32 Å².